The molecule has 14 heteroatoms. The molecule has 0 aliphatic rings. The van der Waals surface area contributed by atoms with E-state index in [0.717, 1.165) is 11.8 Å². The molecule has 2 aromatic carbocycles. The number of likely N-dealkylation sites (N-methyl/N-ethyl adjacent to an activating group) is 1. The molecule has 0 fully saturated rings. The van der Waals surface area contributed by atoms with E-state index in [1.54, 1.807) is 24.3 Å². The van der Waals surface area contributed by atoms with Crippen LogP contribution < -0.4 is 25.0 Å². The number of nitrogens with one attached hydrogen (secondary N) is 3. The summed E-state index contributed by atoms with van der Waals surface area (Å²) in [6.07, 6.45) is 3.36. The number of carboxylic acids is 1. The number of aryl methyl sites for hydroxylation is 1. The predicted molar refractivity (Wildman–Crippen MR) is 168 cm³/mol. The molecule has 1 unspecified atom stereocenters. The van der Waals surface area contributed by atoms with Gasteiger partial charge in [0, 0.05) is 31.3 Å². The van der Waals surface area contributed by atoms with Gasteiger partial charge >= 0.3 is 12.0 Å². The Bertz CT molecular complexity index is 1780. The van der Waals surface area contributed by atoms with Crippen molar-refractivity contribution in [2.45, 2.75) is 30.7 Å². The molecular weight excluding hydrogens is 600 g/mol. The number of benzene rings is 2. The van der Waals surface area contributed by atoms with E-state index in [1.165, 1.54) is 55.7 Å². The van der Waals surface area contributed by atoms with Crippen LogP contribution in [0, 0.1) is 6.92 Å². The number of sulfonamides is 1. The molecule has 0 spiro atoms. The highest BCUT2D eigenvalue weighted by atomic mass is 32.2. The van der Waals surface area contributed by atoms with Crippen LogP contribution in [0.5, 0.6) is 5.75 Å². The van der Waals surface area contributed by atoms with Crippen LogP contribution in [-0.2, 0) is 26.0 Å². The van der Waals surface area contributed by atoms with Gasteiger partial charge in [0.25, 0.3) is 0 Å². The molecule has 0 aliphatic carbocycles. The zero-order valence-electron chi connectivity index (χ0n) is 24.7. The van der Waals surface area contributed by atoms with Gasteiger partial charge in [0.05, 0.1) is 31.7 Å². The van der Waals surface area contributed by atoms with Gasteiger partial charge in [0.2, 0.25) is 15.9 Å². The van der Waals surface area contributed by atoms with Gasteiger partial charge in [-0.15, -0.1) is 0 Å². The summed E-state index contributed by atoms with van der Waals surface area (Å²) in [6.45, 7) is 1.88. The summed E-state index contributed by atoms with van der Waals surface area (Å²) < 4.78 is 33.4. The fourth-order valence-electron chi connectivity index (χ4n) is 4.32. The minimum Gasteiger partial charge on any atom is -0.495 e. The molecule has 0 aliphatic heterocycles. The van der Waals surface area contributed by atoms with E-state index < -0.39 is 34.5 Å². The number of rotatable bonds is 12. The molecule has 0 saturated heterocycles. The number of nitrogens with zero attached hydrogens (tertiary/aromatic N) is 3. The van der Waals surface area contributed by atoms with Crippen LogP contribution in [0.15, 0.2) is 90.2 Å². The number of urea groups is 1. The topological polar surface area (TPSA) is 180 Å². The first kappa shape index (κ1) is 32.6. The Morgan fingerprint density at radius 2 is 1.73 bits per heavy atom. The predicted octanol–water partition coefficient (Wildman–Crippen LogP) is 4.14. The lowest BCUT2D eigenvalue weighted by Gasteiger charge is -2.20. The summed E-state index contributed by atoms with van der Waals surface area (Å²) in [5.41, 5.74) is 2.92. The van der Waals surface area contributed by atoms with Crippen LogP contribution in [0.1, 0.15) is 29.2 Å². The molecule has 234 valence electrons. The third-order valence-electron chi connectivity index (χ3n) is 6.77. The lowest BCUT2D eigenvalue weighted by molar-refractivity contribution is -0.137. The van der Waals surface area contributed by atoms with Crippen LogP contribution in [0.2, 0.25) is 0 Å². The van der Waals surface area contributed by atoms with E-state index in [1.807, 2.05) is 25.1 Å². The molecular formula is C31H32N6O7S. The normalized spacial score (nSPS) is 11.7. The fraction of sp³-hybridized carbons (Fsp3) is 0.194. The maximum Gasteiger partial charge on any atom is 0.323 e. The minimum absolute atomic E-state index is 0.0153. The van der Waals surface area contributed by atoms with Gasteiger partial charge in [-0.1, -0.05) is 30.3 Å². The first-order valence-corrected chi connectivity index (χ1v) is 15.1. The third-order valence-corrected chi connectivity index (χ3v) is 8.23. The third kappa shape index (κ3) is 8.61. The van der Waals surface area contributed by atoms with Crippen LogP contribution in [0.25, 0.3) is 0 Å². The fourth-order valence-corrected chi connectivity index (χ4v) is 5.51. The van der Waals surface area contributed by atoms with E-state index in [0.29, 0.717) is 28.3 Å². The lowest BCUT2D eigenvalue weighted by atomic mass is 10.1. The van der Waals surface area contributed by atoms with E-state index in [2.05, 4.69) is 25.3 Å². The number of methoxy groups -OCH3 is 1. The van der Waals surface area contributed by atoms with Crippen molar-refractivity contribution >= 4 is 45.1 Å². The summed E-state index contributed by atoms with van der Waals surface area (Å²) >= 11 is 0. The number of carbonyl (C=O) groups excluding carboxylic acids is 2. The molecule has 4 aromatic rings. The number of carboxylic acid groups (broad SMARTS) is 1. The van der Waals surface area contributed by atoms with Gasteiger partial charge in [-0.2, -0.15) is 0 Å². The van der Waals surface area contributed by atoms with E-state index in [4.69, 9.17) is 4.74 Å². The first-order valence-electron chi connectivity index (χ1n) is 13.6. The van der Waals surface area contributed by atoms with Gasteiger partial charge in [-0.25, -0.2) is 22.9 Å². The molecule has 1 atom stereocenters. The number of carbonyl (C=O) groups is 3. The Kier molecular flexibility index (Phi) is 10.4. The van der Waals surface area contributed by atoms with Crippen molar-refractivity contribution in [3.8, 4) is 5.75 Å². The second-order valence-corrected chi connectivity index (χ2v) is 11.7. The number of ether oxygens (including phenoxy) is 1. The van der Waals surface area contributed by atoms with E-state index in [-0.39, 0.29) is 23.0 Å². The van der Waals surface area contributed by atoms with E-state index in [9.17, 15) is 27.9 Å². The molecule has 45 heavy (non-hydrogen) atoms. The van der Waals surface area contributed by atoms with Crippen molar-refractivity contribution in [2.24, 2.45) is 0 Å². The molecule has 0 saturated carbocycles. The molecule has 4 rings (SSSR count). The van der Waals surface area contributed by atoms with Gasteiger partial charge in [-0.05, 0) is 60.0 Å². The highest BCUT2D eigenvalue weighted by molar-refractivity contribution is 7.89. The van der Waals surface area contributed by atoms with Crippen molar-refractivity contribution < 1.29 is 32.6 Å². The average molecular weight is 633 g/mol. The Morgan fingerprint density at radius 3 is 2.38 bits per heavy atom. The number of pyridine rings is 2. The zero-order chi connectivity index (χ0) is 32.6. The van der Waals surface area contributed by atoms with Crippen molar-refractivity contribution in [1.82, 2.24) is 14.7 Å². The SMILES string of the molecule is COc1cc(CC(=O)N(C)c2ccc(C(CC(=O)O)NS(=O)(=O)c3cccnc3)cn2)ccc1NC(=O)Nc1ccccc1C. The maximum absolute atomic E-state index is 13.1. The summed E-state index contributed by atoms with van der Waals surface area (Å²) in [6, 6.07) is 16.6. The Morgan fingerprint density at radius 1 is 0.978 bits per heavy atom. The molecule has 3 amide bonds. The molecule has 13 nitrogen and oxygen atoms in total. The van der Waals surface area contributed by atoms with Gasteiger partial charge < -0.3 is 20.5 Å². The number of amides is 3. The number of hydrogen-bond donors (Lipinski definition) is 4. The number of para-hydroxylation sites is 1. The molecule has 4 N–H and O–H groups in total. The summed E-state index contributed by atoms with van der Waals surface area (Å²) in [4.78, 5) is 46.4. The summed E-state index contributed by atoms with van der Waals surface area (Å²) in [7, 11) is -1.07. The Hall–Kier alpha value is -5.34. The van der Waals surface area contributed by atoms with Crippen molar-refractivity contribution in [3.63, 3.8) is 0 Å². The maximum atomic E-state index is 13.1. The average Bonchev–Trinajstić information content (AvgIpc) is 3.02. The Balaban J connectivity index is 1.42. The lowest BCUT2D eigenvalue weighted by Crippen LogP contribution is -2.31. The van der Waals surface area contributed by atoms with Crippen molar-refractivity contribution in [3.05, 3.63) is 102 Å². The van der Waals surface area contributed by atoms with Crippen LogP contribution in [-0.4, -0.2) is 55.6 Å². The standard InChI is InChI=1S/C31H32N6O7S/c1-20-7-4-5-9-24(20)34-31(41)35-25-12-10-21(15-27(25)44-3)16-29(38)37(2)28-13-11-22(18-33-28)26(17-30(39)40)36-45(42,43)23-8-6-14-32-19-23/h4-15,18-19,26,36H,16-17H2,1-3H3,(H,39,40)(H2,34,35,41). The number of aliphatic carboxylic acids is 1. The summed E-state index contributed by atoms with van der Waals surface area (Å²) in [5.74, 6) is -0.891. The molecule has 2 heterocycles. The highest BCUT2D eigenvalue weighted by Gasteiger charge is 2.25. The quantitative estimate of drug-likeness (QED) is 0.179. The van der Waals surface area contributed by atoms with Gasteiger partial charge in [0.1, 0.15) is 16.5 Å². The highest BCUT2D eigenvalue weighted by Crippen LogP contribution is 2.27. The molecule has 0 bridgehead atoms. The minimum atomic E-state index is -4.06. The number of aromatic nitrogens is 2. The monoisotopic (exact) mass is 632 g/mol. The smallest absolute Gasteiger partial charge is 0.323 e. The van der Waals surface area contributed by atoms with Crippen LogP contribution in [0.3, 0.4) is 0 Å². The van der Waals surface area contributed by atoms with E-state index >= 15 is 0 Å². The first-order chi connectivity index (χ1) is 21.5. The van der Waals surface area contributed by atoms with Gasteiger partial charge in [0.15, 0.2) is 0 Å². The van der Waals surface area contributed by atoms with Gasteiger partial charge in [-0.3, -0.25) is 19.5 Å². The van der Waals surface area contributed by atoms with Crippen molar-refractivity contribution in [2.75, 3.05) is 29.7 Å². The van der Waals surface area contributed by atoms with Crippen LogP contribution >= 0.6 is 0 Å². The zero-order valence-corrected chi connectivity index (χ0v) is 25.5. The second kappa shape index (κ2) is 14.4. The van der Waals surface area contributed by atoms with Crippen molar-refractivity contribution in [1.29, 1.82) is 0 Å². The number of anilines is 3. The molecule has 2 aromatic heterocycles. The number of hydrogen-bond acceptors (Lipinski definition) is 8. The van der Waals surface area contributed by atoms with Crippen LogP contribution in [0.4, 0.5) is 22.0 Å². The Labute approximate surface area is 260 Å². The largest absolute Gasteiger partial charge is 0.495 e. The second-order valence-electron chi connectivity index (χ2n) is 9.97. The summed E-state index contributed by atoms with van der Waals surface area (Å²) in [5, 5.41) is 14.9. The molecule has 0 radical (unpaired) electrons.